The summed E-state index contributed by atoms with van der Waals surface area (Å²) in [6.07, 6.45) is 2.06. The Hall–Kier alpha value is -0.370. The third-order valence-corrected chi connectivity index (χ3v) is 3.93. The number of ketones is 1. The van der Waals surface area contributed by atoms with Gasteiger partial charge in [-0.25, -0.2) is 0 Å². The van der Waals surface area contributed by atoms with Gasteiger partial charge in [-0.1, -0.05) is 13.8 Å². The normalized spacial score (nSPS) is 44.9. The fourth-order valence-electron chi connectivity index (χ4n) is 2.72. The van der Waals surface area contributed by atoms with Crippen LogP contribution in [-0.2, 0) is 4.79 Å². The number of aliphatic hydroxyl groups is 1. The molecule has 3 saturated carbocycles. The summed E-state index contributed by atoms with van der Waals surface area (Å²) >= 11 is 0. The van der Waals surface area contributed by atoms with Gasteiger partial charge in [-0.05, 0) is 30.6 Å². The monoisotopic (exact) mass is 168 g/mol. The Balaban J connectivity index is 2.24. The minimum Gasteiger partial charge on any atom is -0.385 e. The Morgan fingerprint density at radius 2 is 2.08 bits per heavy atom. The van der Waals surface area contributed by atoms with Crippen molar-refractivity contribution in [3.63, 3.8) is 0 Å². The van der Waals surface area contributed by atoms with E-state index in [1.165, 1.54) is 0 Å². The zero-order valence-corrected chi connectivity index (χ0v) is 7.71. The van der Waals surface area contributed by atoms with E-state index in [2.05, 4.69) is 13.8 Å². The van der Waals surface area contributed by atoms with Gasteiger partial charge < -0.3 is 5.11 Å². The van der Waals surface area contributed by atoms with Crippen molar-refractivity contribution in [3.8, 4) is 0 Å². The molecule has 3 aliphatic carbocycles. The van der Waals surface area contributed by atoms with Gasteiger partial charge in [0.05, 0.1) is 0 Å². The molecule has 2 nitrogen and oxygen atoms in total. The third-order valence-electron chi connectivity index (χ3n) is 3.93. The molecule has 0 saturated heterocycles. The lowest BCUT2D eigenvalue weighted by molar-refractivity contribution is -0.141. The first-order chi connectivity index (χ1) is 5.53. The molecule has 0 aromatic heterocycles. The molecule has 0 aromatic rings. The van der Waals surface area contributed by atoms with Crippen LogP contribution in [0.15, 0.2) is 0 Å². The van der Waals surface area contributed by atoms with Gasteiger partial charge in [0, 0.05) is 5.92 Å². The van der Waals surface area contributed by atoms with Gasteiger partial charge in [0.1, 0.15) is 6.10 Å². The topological polar surface area (TPSA) is 37.3 Å². The Bertz CT molecular complexity index is 220. The molecule has 1 N–H and O–H groups in total. The lowest BCUT2D eigenvalue weighted by atomic mass is 9.54. The highest BCUT2D eigenvalue weighted by atomic mass is 16.3. The molecular weight excluding hydrogens is 152 g/mol. The summed E-state index contributed by atoms with van der Waals surface area (Å²) in [7, 11) is 0. The van der Waals surface area contributed by atoms with Crippen molar-refractivity contribution in [2.75, 3.05) is 0 Å². The maximum atomic E-state index is 11.5. The van der Waals surface area contributed by atoms with Crippen molar-refractivity contribution < 1.29 is 9.90 Å². The number of fused-ring (bicyclic) bond motifs is 3. The van der Waals surface area contributed by atoms with E-state index in [9.17, 15) is 9.90 Å². The molecule has 3 aliphatic rings. The molecule has 3 atom stereocenters. The molecule has 0 aliphatic heterocycles. The molecule has 68 valence electrons. The lowest BCUT2D eigenvalue weighted by Gasteiger charge is -2.49. The van der Waals surface area contributed by atoms with Crippen LogP contribution in [0.3, 0.4) is 0 Å². The van der Waals surface area contributed by atoms with E-state index in [1.807, 2.05) is 0 Å². The first-order valence-electron chi connectivity index (χ1n) is 4.75. The number of hydrogen-bond acceptors (Lipinski definition) is 2. The van der Waals surface area contributed by atoms with Gasteiger partial charge in [0.2, 0.25) is 0 Å². The predicted molar refractivity (Wildman–Crippen MR) is 45.6 cm³/mol. The van der Waals surface area contributed by atoms with E-state index < -0.39 is 6.10 Å². The summed E-state index contributed by atoms with van der Waals surface area (Å²) in [4.78, 5) is 11.5. The Labute approximate surface area is 73.0 Å². The molecule has 2 bridgehead atoms. The lowest BCUT2D eigenvalue weighted by Crippen LogP contribution is -2.48. The highest BCUT2D eigenvalue weighted by molar-refractivity contribution is 5.87. The molecule has 3 unspecified atom stereocenters. The summed E-state index contributed by atoms with van der Waals surface area (Å²) in [6.45, 7) is 4.31. The molecule has 2 heteroatoms. The smallest absolute Gasteiger partial charge is 0.164 e. The second-order valence-electron chi connectivity index (χ2n) is 4.80. The van der Waals surface area contributed by atoms with Crippen LogP contribution in [0.1, 0.15) is 33.1 Å². The number of carbonyl (C=O) groups is 1. The van der Waals surface area contributed by atoms with Gasteiger partial charge in [-0.3, -0.25) is 4.79 Å². The number of carbonyl (C=O) groups excluding carboxylic acids is 1. The highest BCUT2D eigenvalue weighted by Crippen LogP contribution is 2.56. The summed E-state index contributed by atoms with van der Waals surface area (Å²) in [5.41, 5.74) is 0.161. The minimum atomic E-state index is -0.665. The van der Waals surface area contributed by atoms with Crippen molar-refractivity contribution in [2.24, 2.45) is 17.3 Å². The zero-order chi connectivity index (χ0) is 8.93. The number of aliphatic hydroxyl groups excluding tert-OH is 1. The summed E-state index contributed by atoms with van der Waals surface area (Å²) < 4.78 is 0. The fourth-order valence-corrected chi connectivity index (χ4v) is 2.72. The molecule has 12 heavy (non-hydrogen) atoms. The third kappa shape index (κ3) is 0.875. The van der Waals surface area contributed by atoms with Gasteiger partial charge in [0.25, 0.3) is 0 Å². The van der Waals surface area contributed by atoms with E-state index in [-0.39, 0.29) is 17.1 Å². The molecule has 0 spiro atoms. The van der Waals surface area contributed by atoms with Crippen LogP contribution in [0.4, 0.5) is 0 Å². The average Bonchev–Trinajstić information content (AvgIpc) is 2.18. The Morgan fingerprint density at radius 3 is 2.67 bits per heavy atom. The van der Waals surface area contributed by atoms with Gasteiger partial charge in [-0.2, -0.15) is 0 Å². The van der Waals surface area contributed by atoms with Crippen LogP contribution in [-0.4, -0.2) is 17.0 Å². The molecule has 0 heterocycles. The van der Waals surface area contributed by atoms with Gasteiger partial charge in [0.15, 0.2) is 5.78 Å². The van der Waals surface area contributed by atoms with E-state index >= 15 is 0 Å². The van der Waals surface area contributed by atoms with Gasteiger partial charge >= 0.3 is 0 Å². The molecule has 0 aromatic carbocycles. The van der Waals surface area contributed by atoms with Crippen LogP contribution in [0, 0.1) is 17.3 Å². The average molecular weight is 168 g/mol. The second-order valence-corrected chi connectivity index (χ2v) is 4.80. The molecule has 3 fully saturated rings. The van der Waals surface area contributed by atoms with Crippen molar-refractivity contribution in [1.29, 1.82) is 0 Å². The quantitative estimate of drug-likeness (QED) is 0.593. The first-order valence-corrected chi connectivity index (χ1v) is 4.75. The van der Waals surface area contributed by atoms with Crippen LogP contribution < -0.4 is 0 Å². The standard InChI is InChI=1S/C10H16O2/c1-10(2)6-3-4-8(11)9(12)7(10)5-6/h6-8,11H,3-5H2,1-2H3. The van der Waals surface area contributed by atoms with Crippen molar-refractivity contribution in [1.82, 2.24) is 0 Å². The molecule has 3 rings (SSSR count). The molecular formula is C10H16O2. The van der Waals surface area contributed by atoms with Gasteiger partial charge in [-0.15, -0.1) is 0 Å². The predicted octanol–water partition coefficient (Wildman–Crippen LogP) is 1.37. The van der Waals surface area contributed by atoms with Crippen molar-refractivity contribution in [2.45, 2.75) is 39.2 Å². The van der Waals surface area contributed by atoms with Crippen molar-refractivity contribution >= 4 is 5.78 Å². The van der Waals surface area contributed by atoms with Crippen molar-refractivity contribution in [3.05, 3.63) is 0 Å². The SMILES string of the molecule is CC1(C)C2CCC(O)C(=O)C1C2. The van der Waals surface area contributed by atoms with Crippen LogP contribution >= 0.6 is 0 Å². The Kier molecular flexibility index (Phi) is 1.59. The van der Waals surface area contributed by atoms with E-state index in [4.69, 9.17) is 0 Å². The first kappa shape index (κ1) is 8.24. The van der Waals surface area contributed by atoms with Crippen LogP contribution in [0.2, 0.25) is 0 Å². The second kappa shape index (κ2) is 2.32. The van der Waals surface area contributed by atoms with Crippen LogP contribution in [0.5, 0.6) is 0 Å². The van der Waals surface area contributed by atoms with Crippen LogP contribution in [0.25, 0.3) is 0 Å². The number of hydrogen-bond donors (Lipinski definition) is 1. The largest absolute Gasteiger partial charge is 0.385 e. The maximum Gasteiger partial charge on any atom is 0.164 e. The fraction of sp³-hybridized carbons (Fsp3) is 0.900. The maximum absolute atomic E-state index is 11.5. The minimum absolute atomic E-state index is 0.0914. The number of Topliss-reactive ketones (excluding diaryl/α,β-unsaturated/α-hetero) is 1. The summed E-state index contributed by atoms with van der Waals surface area (Å²) in [6, 6.07) is 0. The van der Waals surface area contributed by atoms with E-state index in [0.29, 0.717) is 12.3 Å². The Morgan fingerprint density at radius 1 is 1.42 bits per heavy atom. The molecule has 0 radical (unpaired) electrons. The number of rotatable bonds is 0. The summed E-state index contributed by atoms with van der Waals surface area (Å²) in [5.74, 6) is 0.900. The molecule has 0 amide bonds. The van der Waals surface area contributed by atoms with E-state index in [1.54, 1.807) is 0 Å². The summed E-state index contributed by atoms with van der Waals surface area (Å²) in [5, 5.41) is 9.44. The highest BCUT2D eigenvalue weighted by Gasteiger charge is 2.54. The zero-order valence-electron chi connectivity index (χ0n) is 7.71. The van der Waals surface area contributed by atoms with E-state index in [0.717, 1.165) is 12.8 Å².